The van der Waals surface area contributed by atoms with Crippen molar-refractivity contribution in [2.75, 3.05) is 7.11 Å². The number of rotatable bonds is 5. The highest BCUT2D eigenvalue weighted by Gasteiger charge is 2.24. The molecule has 0 radical (unpaired) electrons. The van der Waals surface area contributed by atoms with Gasteiger partial charge in [0.05, 0.1) is 12.7 Å². The molecule has 0 saturated heterocycles. The number of hydrogen-bond acceptors (Lipinski definition) is 6. The number of carbonyl (C=O) groups excluding carboxylic acids is 2. The van der Waals surface area contributed by atoms with E-state index in [1.54, 1.807) is 42.5 Å². The van der Waals surface area contributed by atoms with E-state index in [9.17, 15) is 9.59 Å². The monoisotopic (exact) mass is 463 g/mol. The van der Waals surface area contributed by atoms with Gasteiger partial charge < -0.3 is 14.2 Å². The van der Waals surface area contributed by atoms with E-state index in [-0.39, 0.29) is 17.3 Å². The van der Waals surface area contributed by atoms with Crippen LogP contribution < -0.4 is 9.47 Å². The molecule has 6 nitrogen and oxygen atoms in total. The Bertz CT molecular complexity index is 1530. The van der Waals surface area contributed by atoms with E-state index >= 15 is 0 Å². The molecule has 0 atom stereocenters. The highest BCUT2D eigenvalue weighted by Crippen LogP contribution is 2.31. The minimum absolute atomic E-state index is 0.166. The van der Waals surface area contributed by atoms with Crippen LogP contribution in [0.2, 0.25) is 0 Å². The van der Waals surface area contributed by atoms with Gasteiger partial charge in [-0.2, -0.15) is 0 Å². The van der Waals surface area contributed by atoms with Gasteiger partial charge in [-0.3, -0.25) is 0 Å². The van der Waals surface area contributed by atoms with Gasteiger partial charge in [-0.1, -0.05) is 54.1 Å². The number of esters is 2. The first-order valence-corrected chi connectivity index (χ1v) is 11.0. The predicted octanol–water partition coefficient (Wildman–Crippen LogP) is 5.72. The summed E-state index contributed by atoms with van der Waals surface area (Å²) in [5, 5.41) is 2.12. The summed E-state index contributed by atoms with van der Waals surface area (Å²) >= 11 is 0. The maximum atomic E-state index is 12.5. The second kappa shape index (κ2) is 9.27. The lowest BCUT2D eigenvalue weighted by atomic mass is 10.1. The number of benzene rings is 4. The highest BCUT2D eigenvalue weighted by atomic mass is 16.6. The number of aliphatic imine (C=N–C) groups is 1. The number of nitrogens with zero attached hydrogens (tertiary/aromatic N) is 1. The van der Waals surface area contributed by atoms with Gasteiger partial charge in [0.1, 0.15) is 0 Å². The molecule has 0 saturated carbocycles. The first-order valence-electron chi connectivity index (χ1n) is 11.0. The first kappa shape index (κ1) is 22.1. The molecule has 0 fully saturated rings. The zero-order valence-corrected chi connectivity index (χ0v) is 19.1. The third-order valence-corrected chi connectivity index (χ3v) is 5.56. The van der Waals surface area contributed by atoms with Crippen molar-refractivity contribution in [1.82, 2.24) is 0 Å². The minimum atomic E-state index is -0.540. The summed E-state index contributed by atoms with van der Waals surface area (Å²) < 4.78 is 16.4. The molecule has 0 unspecified atom stereocenters. The molecule has 1 aliphatic rings. The summed E-state index contributed by atoms with van der Waals surface area (Å²) in [4.78, 5) is 29.4. The van der Waals surface area contributed by atoms with Gasteiger partial charge in [0.15, 0.2) is 17.2 Å². The third kappa shape index (κ3) is 4.68. The molecular formula is C29H21NO5. The second-order valence-electron chi connectivity index (χ2n) is 8.07. The molecule has 6 heteroatoms. The topological polar surface area (TPSA) is 74.2 Å². The summed E-state index contributed by atoms with van der Waals surface area (Å²) in [5.41, 5.74) is 2.94. The molecule has 1 heterocycles. The van der Waals surface area contributed by atoms with E-state index in [2.05, 4.69) is 4.99 Å². The fraction of sp³-hybridized carbons (Fsp3) is 0.0690. The van der Waals surface area contributed by atoms with Gasteiger partial charge in [0.25, 0.3) is 0 Å². The lowest BCUT2D eigenvalue weighted by molar-refractivity contribution is -0.129. The number of fused-ring (bicyclic) bond motifs is 1. The average molecular weight is 463 g/mol. The van der Waals surface area contributed by atoms with E-state index in [1.165, 1.54) is 7.11 Å². The standard InChI is InChI=1S/C29H21NO5/c1-18-6-5-9-23(14-18)28(31)34-25-13-10-19(16-26(25)33-2)15-24-29(32)35-27(30-24)22-12-11-20-7-3-4-8-21(20)17-22/h3-17H,1-2H3/b24-15-. The van der Waals surface area contributed by atoms with Crippen LogP contribution in [0.15, 0.2) is 95.6 Å². The van der Waals surface area contributed by atoms with Crippen molar-refractivity contribution >= 4 is 34.7 Å². The Hall–Kier alpha value is -4.71. The summed E-state index contributed by atoms with van der Waals surface area (Å²) in [7, 11) is 1.48. The van der Waals surface area contributed by atoms with Crippen LogP contribution in [0.25, 0.3) is 16.8 Å². The minimum Gasteiger partial charge on any atom is -0.493 e. The number of methoxy groups -OCH3 is 1. The van der Waals surface area contributed by atoms with Crippen molar-refractivity contribution in [2.24, 2.45) is 4.99 Å². The second-order valence-corrected chi connectivity index (χ2v) is 8.07. The van der Waals surface area contributed by atoms with Gasteiger partial charge in [0.2, 0.25) is 5.90 Å². The number of cyclic esters (lactones) is 1. The smallest absolute Gasteiger partial charge is 0.363 e. The van der Waals surface area contributed by atoms with Crippen LogP contribution in [0.1, 0.15) is 27.0 Å². The number of carbonyl (C=O) groups is 2. The van der Waals surface area contributed by atoms with E-state index in [0.29, 0.717) is 16.9 Å². The Labute approximate surface area is 202 Å². The fourth-order valence-corrected chi connectivity index (χ4v) is 3.80. The summed E-state index contributed by atoms with van der Waals surface area (Å²) in [6.45, 7) is 1.90. The fourth-order valence-electron chi connectivity index (χ4n) is 3.80. The molecule has 0 aromatic heterocycles. The van der Waals surface area contributed by atoms with Gasteiger partial charge in [-0.05, 0) is 65.7 Å². The zero-order chi connectivity index (χ0) is 24.4. The van der Waals surface area contributed by atoms with E-state index in [4.69, 9.17) is 14.2 Å². The lowest BCUT2D eigenvalue weighted by Crippen LogP contribution is -2.09. The molecule has 0 spiro atoms. The Morgan fingerprint density at radius 2 is 1.71 bits per heavy atom. The summed E-state index contributed by atoms with van der Waals surface area (Å²) in [6, 6.07) is 25.9. The van der Waals surface area contributed by atoms with Gasteiger partial charge >= 0.3 is 11.9 Å². The third-order valence-electron chi connectivity index (χ3n) is 5.56. The van der Waals surface area contributed by atoms with E-state index < -0.39 is 11.9 Å². The van der Waals surface area contributed by atoms with Crippen molar-refractivity contribution in [1.29, 1.82) is 0 Å². The summed E-state index contributed by atoms with van der Waals surface area (Å²) in [5.74, 6) is -0.146. The molecule has 0 aliphatic carbocycles. The van der Waals surface area contributed by atoms with E-state index in [0.717, 1.165) is 21.9 Å². The van der Waals surface area contributed by atoms with Crippen molar-refractivity contribution in [3.8, 4) is 11.5 Å². The number of ether oxygens (including phenoxy) is 3. The molecule has 1 aliphatic heterocycles. The van der Waals surface area contributed by atoms with E-state index in [1.807, 2.05) is 55.5 Å². The van der Waals surface area contributed by atoms with Gasteiger partial charge in [0, 0.05) is 5.56 Å². The molecule has 4 aromatic carbocycles. The Morgan fingerprint density at radius 3 is 2.51 bits per heavy atom. The Morgan fingerprint density at radius 1 is 0.886 bits per heavy atom. The molecule has 0 amide bonds. The molecule has 0 bridgehead atoms. The molecule has 5 rings (SSSR count). The van der Waals surface area contributed by atoms with Crippen LogP contribution in [-0.2, 0) is 9.53 Å². The highest BCUT2D eigenvalue weighted by molar-refractivity contribution is 6.13. The van der Waals surface area contributed by atoms with Gasteiger partial charge in [-0.25, -0.2) is 14.6 Å². The van der Waals surface area contributed by atoms with Crippen LogP contribution in [0.3, 0.4) is 0 Å². The van der Waals surface area contributed by atoms with Crippen LogP contribution >= 0.6 is 0 Å². The van der Waals surface area contributed by atoms with Crippen LogP contribution in [0, 0.1) is 6.92 Å². The predicted molar refractivity (Wildman–Crippen MR) is 134 cm³/mol. The largest absolute Gasteiger partial charge is 0.493 e. The van der Waals surface area contributed by atoms with Crippen LogP contribution in [0.5, 0.6) is 11.5 Å². The molecular weight excluding hydrogens is 442 g/mol. The molecule has 172 valence electrons. The SMILES string of the molecule is COc1cc(/C=C2\N=C(c3ccc4ccccc4c3)OC2=O)ccc1OC(=O)c1cccc(C)c1. The normalized spacial score (nSPS) is 14.1. The zero-order valence-electron chi connectivity index (χ0n) is 19.1. The number of hydrogen-bond donors (Lipinski definition) is 0. The lowest BCUT2D eigenvalue weighted by Gasteiger charge is -2.10. The average Bonchev–Trinajstić information content (AvgIpc) is 3.24. The molecule has 4 aromatic rings. The van der Waals surface area contributed by atoms with Crippen LogP contribution in [0.4, 0.5) is 0 Å². The number of aryl methyl sites for hydroxylation is 1. The van der Waals surface area contributed by atoms with Crippen molar-refractivity contribution in [2.45, 2.75) is 6.92 Å². The van der Waals surface area contributed by atoms with Crippen LogP contribution in [-0.4, -0.2) is 24.9 Å². The molecule has 0 N–H and O–H groups in total. The quantitative estimate of drug-likeness (QED) is 0.215. The summed E-state index contributed by atoms with van der Waals surface area (Å²) in [6.07, 6.45) is 1.60. The maximum Gasteiger partial charge on any atom is 0.363 e. The first-order chi connectivity index (χ1) is 17.0. The Balaban J connectivity index is 1.40. The van der Waals surface area contributed by atoms with Crippen molar-refractivity contribution < 1.29 is 23.8 Å². The van der Waals surface area contributed by atoms with Crippen molar-refractivity contribution in [3.63, 3.8) is 0 Å². The molecule has 35 heavy (non-hydrogen) atoms. The van der Waals surface area contributed by atoms with Crippen molar-refractivity contribution in [3.05, 3.63) is 113 Å². The Kier molecular flexibility index (Phi) is 5.85. The maximum absolute atomic E-state index is 12.5. The van der Waals surface area contributed by atoms with Gasteiger partial charge in [-0.15, -0.1) is 0 Å².